The van der Waals surface area contributed by atoms with Gasteiger partial charge < -0.3 is 10.3 Å². The van der Waals surface area contributed by atoms with Crippen LogP contribution >= 0.6 is 0 Å². The summed E-state index contributed by atoms with van der Waals surface area (Å²) in [5, 5.41) is 4.01. The molecule has 0 saturated carbocycles. The molecule has 0 bridgehead atoms. The largest absolute Gasteiger partial charge is 0.339 e. The SMILES string of the molecule is CC(C)c1nc(C2(N)CCc3cc(F)ccc32)no1. The number of hydrogen-bond acceptors (Lipinski definition) is 4. The van der Waals surface area contributed by atoms with Gasteiger partial charge >= 0.3 is 0 Å². The second-order valence-electron chi connectivity index (χ2n) is 5.38. The van der Waals surface area contributed by atoms with E-state index in [2.05, 4.69) is 10.1 Å². The zero-order valence-corrected chi connectivity index (χ0v) is 11.0. The van der Waals surface area contributed by atoms with Gasteiger partial charge in [0.05, 0.1) is 0 Å². The number of halogens is 1. The van der Waals surface area contributed by atoms with E-state index in [4.69, 9.17) is 10.3 Å². The van der Waals surface area contributed by atoms with Gasteiger partial charge in [-0.2, -0.15) is 4.98 Å². The van der Waals surface area contributed by atoms with E-state index in [0.29, 0.717) is 18.1 Å². The smallest absolute Gasteiger partial charge is 0.229 e. The summed E-state index contributed by atoms with van der Waals surface area (Å²) in [7, 11) is 0. The summed E-state index contributed by atoms with van der Waals surface area (Å²) in [6.07, 6.45) is 1.40. The van der Waals surface area contributed by atoms with Crippen molar-refractivity contribution in [3.8, 4) is 0 Å². The van der Waals surface area contributed by atoms with Crippen molar-refractivity contribution in [2.75, 3.05) is 0 Å². The second-order valence-corrected chi connectivity index (χ2v) is 5.38. The fraction of sp³-hybridized carbons (Fsp3) is 0.429. The molecule has 1 aliphatic rings. The fourth-order valence-electron chi connectivity index (χ4n) is 2.55. The van der Waals surface area contributed by atoms with E-state index >= 15 is 0 Å². The molecule has 2 aromatic rings. The lowest BCUT2D eigenvalue weighted by Gasteiger charge is -2.20. The summed E-state index contributed by atoms with van der Waals surface area (Å²) in [5.74, 6) is 0.995. The van der Waals surface area contributed by atoms with Gasteiger partial charge in [-0.3, -0.25) is 0 Å². The highest BCUT2D eigenvalue weighted by Gasteiger charge is 2.41. The lowest BCUT2D eigenvalue weighted by Crippen LogP contribution is -2.36. The van der Waals surface area contributed by atoms with Crippen LogP contribution in [-0.4, -0.2) is 10.1 Å². The average Bonchev–Trinajstić information content (AvgIpc) is 2.96. The Morgan fingerprint density at radius 3 is 2.89 bits per heavy atom. The molecule has 0 amide bonds. The lowest BCUT2D eigenvalue weighted by molar-refractivity contribution is 0.350. The minimum atomic E-state index is -0.764. The first-order valence-corrected chi connectivity index (χ1v) is 6.42. The Morgan fingerprint density at radius 2 is 2.21 bits per heavy atom. The van der Waals surface area contributed by atoms with Gasteiger partial charge in [0.25, 0.3) is 0 Å². The van der Waals surface area contributed by atoms with Crippen LogP contribution in [0.4, 0.5) is 4.39 Å². The predicted molar refractivity (Wildman–Crippen MR) is 68.1 cm³/mol. The van der Waals surface area contributed by atoms with Crippen LogP contribution in [0.3, 0.4) is 0 Å². The van der Waals surface area contributed by atoms with E-state index in [1.807, 2.05) is 13.8 Å². The van der Waals surface area contributed by atoms with E-state index in [0.717, 1.165) is 17.5 Å². The molecule has 1 aromatic carbocycles. The molecule has 0 spiro atoms. The number of nitrogens with zero attached hydrogens (tertiary/aromatic N) is 2. The molecule has 1 aliphatic carbocycles. The van der Waals surface area contributed by atoms with Crippen molar-refractivity contribution in [1.29, 1.82) is 0 Å². The van der Waals surface area contributed by atoms with E-state index in [1.54, 1.807) is 6.07 Å². The van der Waals surface area contributed by atoms with Gasteiger partial charge in [0, 0.05) is 5.92 Å². The molecule has 0 radical (unpaired) electrons. The van der Waals surface area contributed by atoms with Crippen LogP contribution in [0.15, 0.2) is 22.7 Å². The van der Waals surface area contributed by atoms with Crippen LogP contribution in [0.5, 0.6) is 0 Å². The molecule has 1 unspecified atom stereocenters. The molecule has 0 saturated heterocycles. The Kier molecular flexibility index (Phi) is 2.67. The van der Waals surface area contributed by atoms with E-state index in [9.17, 15) is 4.39 Å². The first kappa shape index (κ1) is 12.3. The molecule has 4 nitrogen and oxygen atoms in total. The Labute approximate surface area is 110 Å². The van der Waals surface area contributed by atoms with Crippen molar-refractivity contribution >= 4 is 0 Å². The van der Waals surface area contributed by atoms with Gasteiger partial charge in [0.1, 0.15) is 11.4 Å². The van der Waals surface area contributed by atoms with Gasteiger partial charge in [-0.1, -0.05) is 25.1 Å². The molecule has 3 rings (SSSR count). The topological polar surface area (TPSA) is 64.9 Å². The van der Waals surface area contributed by atoms with Crippen LogP contribution in [0.1, 0.15) is 49.0 Å². The zero-order valence-electron chi connectivity index (χ0n) is 11.0. The number of rotatable bonds is 2. The molecular formula is C14H16FN3O. The van der Waals surface area contributed by atoms with Crippen LogP contribution in [0.2, 0.25) is 0 Å². The van der Waals surface area contributed by atoms with Crippen LogP contribution in [0.25, 0.3) is 0 Å². The highest BCUT2D eigenvalue weighted by Crippen LogP contribution is 2.39. The molecular weight excluding hydrogens is 245 g/mol. The highest BCUT2D eigenvalue weighted by molar-refractivity contribution is 5.43. The van der Waals surface area contributed by atoms with Gasteiger partial charge in [-0.25, -0.2) is 4.39 Å². The molecule has 1 heterocycles. The Hall–Kier alpha value is -1.75. The standard InChI is InChI=1S/C14H16FN3O/c1-8(2)12-17-13(18-19-12)14(16)6-5-9-7-10(15)3-4-11(9)14/h3-4,7-8H,5-6,16H2,1-2H3. The molecule has 2 N–H and O–H groups in total. The molecule has 1 atom stereocenters. The van der Waals surface area contributed by atoms with Gasteiger partial charge in [-0.05, 0) is 36.1 Å². The maximum atomic E-state index is 13.2. The Morgan fingerprint density at radius 1 is 1.42 bits per heavy atom. The van der Waals surface area contributed by atoms with Crippen molar-refractivity contribution < 1.29 is 8.91 Å². The summed E-state index contributed by atoms with van der Waals surface area (Å²) >= 11 is 0. The zero-order chi connectivity index (χ0) is 13.6. The molecule has 1 aromatic heterocycles. The number of aromatic nitrogens is 2. The first-order chi connectivity index (χ1) is 9.00. The summed E-state index contributed by atoms with van der Waals surface area (Å²) in [4.78, 5) is 4.39. The molecule has 0 aliphatic heterocycles. The fourth-order valence-corrected chi connectivity index (χ4v) is 2.55. The van der Waals surface area contributed by atoms with Gasteiger partial charge in [0.15, 0.2) is 5.82 Å². The number of fused-ring (bicyclic) bond motifs is 1. The summed E-state index contributed by atoms with van der Waals surface area (Å²) in [5.41, 5.74) is 7.51. The monoisotopic (exact) mass is 261 g/mol. The third-order valence-corrected chi connectivity index (χ3v) is 3.67. The minimum absolute atomic E-state index is 0.166. The predicted octanol–water partition coefficient (Wildman–Crippen LogP) is 2.48. The van der Waals surface area contributed by atoms with Crippen LogP contribution in [-0.2, 0) is 12.0 Å². The van der Waals surface area contributed by atoms with Crippen molar-refractivity contribution in [1.82, 2.24) is 10.1 Å². The maximum Gasteiger partial charge on any atom is 0.229 e. The van der Waals surface area contributed by atoms with Crippen molar-refractivity contribution in [2.24, 2.45) is 5.73 Å². The number of nitrogens with two attached hydrogens (primary N) is 1. The van der Waals surface area contributed by atoms with E-state index in [-0.39, 0.29) is 11.7 Å². The maximum absolute atomic E-state index is 13.2. The van der Waals surface area contributed by atoms with Gasteiger partial charge in [-0.15, -0.1) is 0 Å². The first-order valence-electron chi connectivity index (χ1n) is 6.42. The lowest BCUT2D eigenvalue weighted by atomic mass is 9.92. The van der Waals surface area contributed by atoms with Crippen LogP contribution in [0, 0.1) is 5.82 Å². The summed E-state index contributed by atoms with van der Waals surface area (Å²) in [6, 6.07) is 4.69. The average molecular weight is 261 g/mol. The quantitative estimate of drug-likeness (QED) is 0.902. The summed E-state index contributed by atoms with van der Waals surface area (Å²) < 4.78 is 18.5. The highest BCUT2D eigenvalue weighted by atomic mass is 19.1. The number of aryl methyl sites for hydroxylation is 1. The third kappa shape index (κ3) is 1.85. The summed E-state index contributed by atoms with van der Waals surface area (Å²) in [6.45, 7) is 3.97. The van der Waals surface area contributed by atoms with E-state index in [1.165, 1.54) is 12.1 Å². The van der Waals surface area contributed by atoms with Gasteiger partial charge in [0.2, 0.25) is 5.89 Å². The minimum Gasteiger partial charge on any atom is -0.339 e. The van der Waals surface area contributed by atoms with Crippen LogP contribution < -0.4 is 5.73 Å². The van der Waals surface area contributed by atoms with Crippen molar-refractivity contribution in [3.05, 3.63) is 46.9 Å². The Bertz CT molecular complexity index is 623. The molecule has 5 heteroatoms. The molecule has 19 heavy (non-hydrogen) atoms. The number of hydrogen-bond donors (Lipinski definition) is 1. The normalized spacial score (nSPS) is 21.9. The van der Waals surface area contributed by atoms with E-state index < -0.39 is 5.54 Å². The molecule has 0 fully saturated rings. The second kappa shape index (κ2) is 4.13. The van der Waals surface area contributed by atoms with Crippen molar-refractivity contribution in [3.63, 3.8) is 0 Å². The third-order valence-electron chi connectivity index (χ3n) is 3.67. The molecule has 100 valence electrons. The Balaban J connectivity index is 2.05. The van der Waals surface area contributed by atoms with Crippen molar-refractivity contribution in [2.45, 2.75) is 38.1 Å². The number of benzene rings is 1.